The molecule has 1 aromatic rings. The first-order chi connectivity index (χ1) is 7.22. The molecule has 0 bridgehead atoms. The first-order valence-electron chi connectivity index (χ1n) is 4.84. The highest BCUT2D eigenvalue weighted by atomic mass is 16.5. The van der Waals surface area contributed by atoms with Crippen molar-refractivity contribution in [2.45, 2.75) is 13.8 Å². The third-order valence-corrected chi connectivity index (χ3v) is 1.76. The molecule has 0 atom stereocenters. The Morgan fingerprint density at radius 1 is 1.40 bits per heavy atom. The summed E-state index contributed by atoms with van der Waals surface area (Å²) < 4.78 is 5.41. The number of hydrogen-bond donors (Lipinski definition) is 1. The number of ether oxygens (including phenoxy) is 1. The first kappa shape index (κ1) is 11.3. The molecule has 15 heavy (non-hydrogen) atoms. The Bertz CT molecular complexity index is 341. The number of hydrogen-bond acceptors (Lipinski definition) is 2. The molecule has 3 heteroatoms. The fourth-order valence-corrected chi connectivity index (χ4v) is 1.08. The van der Waals surface area contributed by atoms with Crippen LogP contribution in [0.25, 0.3) is 0 Å². The van der Waals surface area contributed by atoms with Crippen molar-refractivity contribution in [3.05, 3.63) is 36.4 Å². The van der Waals surface area contributed by atoms with E-state index in [0.29, 0.717) is 6.61 Å². The van der Waals surface area contributed by atoms with Gasteiger partial charge in [-0.05, 0) is 31.2 Å². The van der Waals surface area contributed by atoms with Gasteiger partial charge in [-0.3, -0.25) is 4.79 Å². The number of amides is 1. The smallest absolute Gasteiger partial charge is 0.221 e. The minimum absolute atomic E-state index is 0.0717. The van der Waals surface area contributed by atoms with Gasteiger partial charge in [-0.15, -0.1) is 0 Å². The zero-order valence-electron chi connectivity index (χ0n) is 8.99. The minimum atomic E-state index is -0.0717. The number of rotatable bonds is 4. The summed E-state index contributed by atoms with van der Waals surface area (Å²) in [6, 6.07) is 7.28. The molecule has 0 aliphatic heterocycles. The van der Waals surface area contributed by atoms with Crippen molar-refractivity contribution >= 4 is 11.6 Å². The minimum Gasteiger partial charge on any atom is -0.490 e. The van der Waals surface area contributed by atoms with Gasteiger partial charge in [0.25, 0.3) is 0 Å². The lowest BCUT2D eigenvalue weighted by Crippen LogP contribution is -2.05. The Balaban J connectivity index is 2.52. The highest BCUT2D eigenvalue weighted by Gasteiger charge is 1.95. The second-order valence-electron chi connectivity index (χ2n) is 3.09. The molecule has 0 radical (unpaired) electrons. The fraction of sp³-hybridized carbons (Fsp3) is 0.250. The molecule has 0 saturated carbocycles. The highest BCUT2D eigenvalue weighted by Crippen LogP contribution is 2.15. The molecule has 80 valence electrons. The predicted octanol–water partition coefficient (Wildman–Crippen LogP) is 2.60. The zero-order chi connectivity index (χ0) is 11.1. The van der Waals surface area contributed by atoms with E-state index in [-0.39, 0.29) is 5.91 Å². The van der Waals surface area contributed by atoms with Crippen molar-refractivity contribution in [3.63, 3.8) is 0 Å². The summed E-state index contributed by atoms with van der Waals surface area (Å²) in [6.07, 6.45) is 3.87. The molecule has 1 N–H and O–H groups in total. The second-order valence-corrected chi connectivity index (χ2v) is 3.09. The van der Waals surface area contributed by atoms with Crippen molar-refractivity contribution in [1.29, 1.82) is 0 Å². The van der Waals surface area contributed by atoms with Crippen LogP contribution in [0.15, 0.2) is 36.4 Å². The van der Waals surface area contributed by atoms with Crippen LogP contribution < -0.4 is 10.1 Å². The van der Waals surface area contributed by atoms with Crippen LogP contribution in [0.4, 0.5) is 5.69 Å². The van der Waals surface area contributed by atoms with Gasteiger partial charge < -0.3 is 10.1 Å². The number of carbonyl (C=O) groups is 1. The molecule has 0 saturated heterocycles. The third kappa shape index (κ3) is 4.31. The molecular weight excluding hydrogens is 190 g/mol. The van der Waals surface area contributed by atoms with Crippen LogP contribution in [0.2, 0.25) is 0 Å². The summed E-state index contributed by atoms with van der Waals surface area (Å²) in [5, 5.41) is 2.69. The molecule has 0 unspecified atom stereocenters. The van der Waals surface area contributed by atoms with E-state index in [1.165, 1.54) is 6.92 Å². The molecule has 3 nitrogen and oxygen atoms in total. The molecule has 0 aliphatic carbocycles. The van der Waals surface area contributed by atoms with E-state index in [1.807, 2.05) is 43.3 Å². The Morgan fingerprint density at radius 3 is 2.60 bits per heavy atom. The molecule has 0 heterocycles. The van der Waals surface area contributed by atoms with Crippen LogP contribution in [0.5, 0.6) is 5.75 Å². The van der Waals surface area contributed by atoms with E-state index < -0.39 is 0 Å². The molecule has 0 fully saturated rings. The average Bonchev–Trinajstić information content (AvgIpc) is 2.20. The Hall–Kier alpha value is -1.77. The van der Waals surface area contributed by atoms with Crippen molar-refractivity contribution in [1.82, 2.24) is 0 Å². The van der Waals surface area contributed by atoms with Crippen LogP contribution in [-0.4, -0.2) is 12.5 Å². The molecule has 1 rings (SSSR count). The van der Waals surface area contributed by atoms with Gasteiger partial charge in [0, 0.05) is 12.6 Å². The number of carbonyl (C=O) groups excluding carboxylic acids is 1. The Kier molecular flexibility index (Phi) is 4.41. The average molecular weight is 205 g/mol. The van der Waals surface area contributed by atoms with Crippen LogP contribution in [-0.2, 0) is 4.79 Å². The lowest BCUT2D eigenvalue weighted by Gasteiger charge is -2.05. The van der Waals surface area contributed by atoms with Crippen molar-refractivity contribution in [2.24, 2.45) is 0 Å². The second kappa shape index (κ2) is 5.86. The van der Waals surface area contributed by atoms with Crippen LogP contribution in [0.1, 0.15) is 13.8 Å². The van der Waals surface area contributed by atoms with Crippen LogP contribution in [0, 0.1) is 0 Å². The van der Waals surface area contributed by atoms with Gasteiger partial charge in [-0.1, -0.05) is 12.2 Å². The molecule has 1 amide bonds. The van der Waals surface area contributed by atoms with Gasteiger partial charge in [0.05, 0.1) is 0 Å². The van der Waals surface area contributed by atoms with E-state index in [2.05, 4.69) is 5.32 Å². The van der Waals surface area contributed by atoms with Crippen molar-refractivity contribution in [3.8, 4) is 5.75 Å². The molecular formula is C12H15NO2. The number of benzene rings is 1. The zero-order valence-corrected chi connectivity index (χ0v) is 8.99. The summed E-state index contributed by atoms with van der Waals surface area (Å²) in [5.41, 5.74) is 0.779. The van der Waals surface area contributed by atoms with Gasteiger partial charge in [0.2, 0.25) is 5.91 Å². The van der Waals surface area contributed by atoms with Gasteiger partial charge in [0.15, 0.2) is 0 Å². The summed E-state index contributed by atoms with van der Waals surface area (Å²) in [4.78, 5) is 10.8. The maximum atomic E-state index is 10.8. The monoisotopic (exact) mass is 205 g/mol. The largest absolute Gasteiger partial charge is 0.490 e. The number of nitrogens with one attached hydrogen (secondary N) is 1. The molecule has 0 aromatic heterocycles. The summed E-state index contributed by atoms with van der Waals surface area (Å²) >= 11 is 0. The van der Waals surface area contributed by atoms with Crippen LogP contribution in [0.3, 0.4) is 0 Å². The Morgan fingerprint density at radius 2 is 2.07 bits per heavy atom. The van der Waals surface area contributed by atoms with Gasteiger partial charge in [-0.25, -0.2) is 0 Å². The maximum absolute atomic E-state index is 10.8. The fourth-order valence-electron chi connectivity index (χ4n) is 1.08. The molecule has 1 aromatic carbocycles. The summed E-state index contributed by atoms with van der Waals surface area (Å²) in [6.45, 7) is 4.00. The summed E-state index contributed by atoms with van der Waals surface area (Å²) in [7, 11) is 0. The topological polar surface area (TPSA) is 38.3 Å². The van der Waals surface area contributed by atoms with Gasteiger partial charge in [0.1, 0.15) is 12.4 Å². The van der Waals surface area contributed by atoms with E-state index in [1.54, 1.807) is 0 Å². The molecule has 0 aliphatic rings. The van der Waals surface area contributed by atoms with E-state index >= 15 is 0 Å². The standard InChI is InChI=1S/C12H15NO2/c1-3-4-9-15-12-7-5-11(6-8-12)13-10(2)14/h3-8H,9H2,1-2H3,(H,13,14)/b4-3+. The Labute approximate surface area is 89.8 Å². The first-order valence-corrected chi connectivity index (χ1v) is 4.84. The van der Waals surface area contributed by atoms with Gasteiger partial charge >= 0.3 is 0 Å². The summed E-state index contributed by atoms with van der Waals surface area (Å²) in [5.74, 6) is 0.722. The van der Waals surface area contributed by atoms with Crippen LogP contribution >= 0.6 is 0 Å². The normalized spacial score (nSPS) is 10.3. The van der Waals surface area contributed by atoms with Crippen molar-refractivity contribution < 1.29 is 9.53 Å². The number of allylic oxidation sites excluding steroid dienone is 1. The van der Waals surface area contributed by atoms with Crippen molar-refractivity contribution in [2.75, 3.05) is 11.9 Å². The van der Waals surface area contributed by atoms with Gasteiger partial charge in [-0.2, -0.15) is 0 Å². The van der Waals surface area contributed by atoms with E-state index in [9.17, 15) is 4.79 Å². The number of anilines is 1. The predicted molar refractivity (Wildman–Crippen MR) is 61.1 cm³/mol. The van der Waals surface area contributed by atoms with E-state index in [0.717, 1.165) is 11.4 Å². The lowest BCUT2D eigenvalue weighted by atomic mass is 10.3. The highest BCUT2D eigenvalue weighted by molar-refractivity contribution is 5.88. The molecule has 0 spiro atoms. The third-order valence-electron chi connectivity index (χ3n) is 1.76. The maximum Gasteiger partial charge on any atom is 0.221 e. The van der Waals surface area contributed by atoms with E-state index in [4.69, 9.17) is 4.74 Å². The SMILES string of the molecule is C/C=C/COc1ccc(NC(C)=O)cc1. The quantitative estimate of drug-likeness (QED) is 0.767. The lowest BCUT2D eigenvalue weighted by molar-refractivity contribution is -0.114.